The topological polar surface area (TPSA) is 87.0 Å². The molecule has 0 bridgehead atoms. The maximum Gasteiger partial charge on any atom is 0.343 e. The van der Waals surface area contributed by atoms with Crippen LogP contribution in [0.2, 0.25) is 0 Å². The molecule has 0 fully saturated rings. The maximum absolute atomic E-state index is 11.8. The predicted octanol–water partition coefficient (Wildman–Crippen LogP) is 2.04. The summed E-state index contributed by atoms with van der Waals surface area (Å²) in [6, 6.07) is 10.6. The second-order valence-corrected chi connectivity index (χ2v) is 4.60. The lowest BCUT2D eigenvalue weighted by Gasteiger charge is -2.18. The number of ether oxygens (including phenoxy) is 1. The molecule has 5 heteroatoms. The van der Waals surface area contributed by atoms with Gasteiger partial charge >= 0.3 is 5.97 Å². The third-order valence-corrected chi connectivity index (χ3v) is 3.34. The maximum atomic E-state index is 11.8. The van der Waals surface area contributed by atoms with Crippen LogP contribution in [0.5, 0.6) is 11.5 Å². The van der Waals surface area contributed by atoms with Gasteiger partial charge in [0.2, 0.25) is 0 Å². The average Bonchev–Trinajstić information content (AvgIpc) is 2.77. The number of aromatic hydroxyl groups is 2. The Morgan fingerprint density at radius 1 is 1.05 bits per heavy atom. The number of cyclic esters (lactones) is 1. The Bertz CT molecular complexity index is 662. The predicted molar refractivity (Wildman–Crippen MR) is 69.3 cm³/mol. The van der Waals surface area contributed by atoms with Crippen LogP contribution in [0.15, 0.2) is 42.5 Å². The van der Waals surface area contributed by atoms with Crippen LogP contribution in [-0.2, 0) is 4.74 Å². The van der Waals surface area contributed by atoms with Gasteiger partial charge in [-0.05, 0) is 23.8 Å². The highest BCUT2D eigenvalue weighted by Crippen LogP contribution is 2.42. The zero-order valence-electron chi connectivity index (χ0n) is 10.4. The van der Waals surface area contributed by atoms with E-state index in [2.05, 4.69) is 0 Å². The van der Waals surface area contributed by atoms with Gasteiger partial charge in [0.05, 0.1) is 0 Å². The summed E-state index contributed by atoms with van der Waals surface area (Å²) >= 11 is 0. The molecule has 0 saturated carbocycles. The number of aliphatic hydroxyl groups is 1. The minimum atomic E-state index is -1.07. The van der Waals surface area contributed by atoms with Gasteiger partial charge in [0.25, 0.3) is 0 Å². The molecule has 5 nitrogen and oxygen atoms in total. The van der Waals surface area contributed by atoms with Gasteiger partial charge in [0, 0.05) is 5.56 Å². The number of rotatable bonds is 2. The number of phenols is 2. The van der Waals surface area contributed by atoms with E-state index >= 15 is 0 Å². The molecular formula is C15H12O5. The summed E-state index contributed by atoms with van der Waals surface area (Å²) < 4.78 is 5.15. The number of hydrogen-bond donors (Lipinski definition) is 3. The normalized spacial score (nSPS) is 18.4. The van der Waals surface area contributed by atoms with Crippen molar-refractivity contribution in [2.75, 3.05) is 0 Å². The lowest BCUT2D eigenvalue weighted by atomic mass is 9.96. The van der Waals surface area contributed by atoms with Gasteiger partial charge < -0.3 is 20.1 Å². The number of hydrogen-bond acceptors (Lipinski definition) is 5. The number of carbonyl (C=O) groups excluding carboxylic acids is 1. The first kappa shape index (κ1) is 12.5. The molecule has 3 N–H and O–H groups in total. The molecule has 0 radical (unpaired) electrons. The highest BCUT2D eigenvalue weighted by molar-refractivity contribution is 5.96. The van der Waals surface area contributed by atoms with Crippen LogP contribution in [-0.4, -0.2) is 21.3 Å². The van der Waals surface area contributed by atoms with E-state index in [4.69, 9.17) is 4.74 Å². The van der Waals surface area contributed by atoms with Gasteiger partial charge in [-0.25, -0.2) is 4.79 Å². The lowest BCUT2D eigenvalue weighted by Crippen LogP contribution is -2.10. The van der Waals surface area contributed by atoms with Crippen molar-refractivity contribution in [3.63, 3.8) is 0 Å². The van der Waals surface area contributed by atoms with Crippen LogP contribution in [0.3, 0.4) is 0 Å². The molecule has 0 amide bonds. The summed E-state index contributed by atoms with van der Waals surface area (Å²) in [5, 5.41) is 29.3. The van der Waals surface area contributed by atoms with E-state index in [9.17, 15) is 20.1 Å². The van der Waals surface area contributed by atoms with Gasteiger partial charge in [0.1, 0.15) is 23.2 Å². The highest BCUT2D eigenvalue weighted by atomic mass is 16.6. The van der Waals surface area contributed by atoms with E-state index in [-0.39, 0.29) is 17.1 Å². The second kappa shape index (κ2) is 4.54. The van der Waals surface area contributed by atoms with Crippen LogP contribution in [0, 0.1) is 0 Å². The largest absolute Gasteiger partial charge is 0.508 e. The van der Waals surface area contributed by atoms with Gasteiger partial charge in [-0.2, -0.15) is 0 Å². The van der Waals surface area contributed by atoms with Crippen molar-refractivity contribution in [1.29, 1.82) is 0 Å². The molecule has 2 aromatic rings. The lowest BCUT2D eigenvalue weighted by molar-refractivity contribution is -0.0103. The second-order valence-electron chi connectivity index (χ2n) is 4.60. The van der Waals surface area contributed by atoms with Crippen molar-refractivity contribution >= 4 is 5.97 Å². The minimum Gasteiger partial charge on any atom is -0.508 e. The van der Waals surface area contributed by atoms with Crippen LogP contribution >= 0.6 is 0 Å². The van der Waals surface area contributed by atoms with Crippen LogP contribution in [0.4, 0.5) is 0 Å². The molecule has 0 aromatic heterocycles. The SMILES string of the molecule is O=C1O[C@@H]([C@@H](O)c2ccc(O)cc2)c2cccc(O)c21. The Morgan fingerprint density at radius 3 is 2.45 bits per heavy atom. The highest BCUT2D eigenvalue weighted by Gasteiger charge is 2.38. The molecule has 0 spiro atoms. The van der Waals surface area contributed by atoms with Gasteiger partial charge in [-0.15, -0.1) is 0 Å². The van der Waals surface area contributed by atoms with Crippen LogP contribution in [0.1, 0.15) is 33.7 Å². The van der Waals surface area contributed by atoms with E-state index in [0.29, 0.717) is 11.1 Å². The Balaban J connectivity index is 1.99. The summed E-state index contributed by atoms with van der Waals surface area (Å²) in [4.78, 5) is 11.8. The summed E-state index contributed by atoms with van der Waals surface area (Å²) in [6.45, 7) is 0. The molecule has 20 heavy (non-hydrogen) atoms. The summed E-state index contributed by atoms with van der Waals surface area (Å²) in [6.07, 6.45) is -1.93. The van der Waals surface area contributed by atoms with Crippen molar-refractivity contribution in [2.45, 2.75) is 12.2 Å². The quantitative estimate of drug-likeness (QED) is 0.728. The average molecular weight is 272 g/mol. The number of aliphatic hydroxyl groups excluding tert-OH is 1. The number of phenolic OH excluding ortho intramolecular Hbond substituents is 2. The fourth-order valence-electron chi connectivity index (χ4n) is 2.34. The van der Waals surface area contributed by atoms with Gasteiger partial charge in [0.15, 0.2) is 6.10 Å². The smallest absolute Gasteiger partial charge is 0.343 e. The molecule has 0 unspecified atom stereocenters. The summed E-state index contributed by atoms with van der Waals surface area (Å²) in [5.41, 5.74) is 1.06. The molecule has 1 aliphatic rings. The standard InChI is InChI=1S/C15H12O5/c16-9-6-4-8(5-7-9)13(18)14-10-2-1-3-11(17)12(10)15(19)20-14/h1-7,13-14,16-18H/t13-,14+/m0/s1. The summed E-state index contributed by atoms with van der Waals surface area (Å²) in [5.74, 6) is -0.726. The monoisotopic (exact) mass is 272 g/mol. The third kappa shape index (κ3) is 1.88. The first-order chi connectivity index (χ1) is 9.58. The van der Waals surface area contributed by atoms with Crippen molar-refractivity contribution in [3.05, 3.63) is 59.2 Å². The molecule has 3 rings (SSSR count). The molecular weight excluding hydrogens is 260 g/mol. The summed E-state index contributed by atoms with van der Waals surface area (Å²) in [7, 11) is 0. The van der Waals surface area contributed by atoms with Gasteiger partial charge in [-0.3, -0.25) is 0 Å². The van der Waals surface area contributed by atoms with E-state index in [0.717, 1.165) is 0 Å². The van der Waals surface area contributed by atoms with Crippen LogP contribution in [0.25, 0.3) is 0 Å². The number of benzene rings is 2. The number of fused-ring (bicyclic) bond motifs is 1. The fourth-order valence-corrected chi connectivity index (χ4v) is 2.34. The zero-order valence-corrected chi connectivity index (χ0v) is 10.4. The van der Waals surface area contributed by atoms with E-state index in [1.165, 1.54) is 18.2 Å². The number of carbonyl (C=O) groups is 1. The Hall–Kier alpha value is -2.53. The van der Waals surface area contributed by atoms with Gasteiger partial charge in [-0.1, -0.05) is 24.3 Å². The van der Waals surface area contributed by atoms with Crippen LogP contribution < -0.4 is 0 Å². The first-order valence-electron chi connectivity index (χ1n) is 6.08. The van der Waals surface area contributed by atoms with E-state index < -0.39 is 18.2 Å². The Morgan fingerprint density at radius 2 is 1.75 bits per heavy atom. The number of esters is 1. The molecule has 1 heterocycles. The fraction of sp³-hybridized carbons (Fsp3) is 0.133. The third-order valence-electron chi connectivity index (χ3n) is 3.34. The zero-order chi connectivity index (χ0) is 14.3. The molecule has 1 aliphatic heterocycles. The Labute approximate surface area is 114 Å². The minimum absolute atomic E-state index is 0.0856. The van der Waals surface area contributed by atoms with Crippen molar-refractivity contribution < 1.29 is 24.9 Å². The van der Waals surface area contributed by atoms with E-state index in [1.54, 1.807) is 24.3 Å². The molecule has 0 saturated heterocycles. The molecule has 2 atom stereocenters. The first-order valence-corrected chi connectivity index (χ1v) is 6.08. The van der Waals surface area contributed by atoms with Crippen molar-refractivity contribution in [1.82, 2.24) is 0 Å². The molecule has 0 aliphatic carbocycles. The Kier molecular flexibility index (Phi) is 2.84. The molecule has 102 valence electrons. The van der Waals surface area contributed by atoms with Crippen molar-refractivity contribution in [2.24, 2.45) is 0 Å². The van der Waals surface area contributed by atoms with E-state index in [1.807, 2.05) is 0 Å². The molecule has 2 aromatic carbocycles. The van der Waals surface area contributed by atoms with Crippen molar-refractivity contribution in [3.8, 4) is 11.5 Å².